The van der Waals surface area contributed by atoms with Gasteiger partial charge in [0.25, 0.3) is 5.91 Å². The molecule has 1 aromatic carbocycles. The molecule has 1 fully saturated rings. The van der Waals surface area contributed by atoms with Gasteiger partial charge in [-0.1, -0.05) is 11.6 Å². The minimum absolute atomic E-state index is 0.187. The number of nitrogens with one attached hydrogen (secondary N) is 1. The van der Waals surface area contributed by atoms with E-state index in [1.807, 2.05) is 0 Å². The van der Waals surface area contributed by atoms with Crippen LogP contribution in [0.5, 0.6) is 5.75 Å². The summed E-state index contributed by atoms with van der Waals surface area (Å²) < 4.78 is 11.4. The van der Waals surface area contributed by atoms with Gasteiger partial charge in [-0.2, -0.15) is 0 Å². The topological polar surface area (TPSA) is 97.8 Å². The summed E-state index contributed by atoms with van der Waals surface area (Å²) in [6.45, 7) is 3.77. The van der Waals surface area contributed by atoms with E-state index in [0.717, 1.165) is 18.4 Å². The minimum Gasteiger partial charge on any atom is -0.490 e. The smallest absolute Gasteiger partial charge is 0.333 e. The van der Waals surface area contributed by atoms with Crippen LogP contribution in [-0.4, -0.2) is 40.3 Å². The zero-order valence-electron chi connectivity index (χ0n) is 18.3. The van der Waals surface area contributed by atoms with Gasteiger partial charge in [0, 0.05) is 12.6 Å². The van der Waals surface area contributed by atoms with E-state index >= 15 is 0 Å². The molecular formula is C24H29ClN2O5. The van der Waals surface area contributed by atoms with Gasteiger partial charge in [-0.05, 0) is 75.4 Å². The van der Waals surface area contributed by atoms with Gasteiger partial charge in [0.2, 0.25) is 0 Å². The Hall–Kier alpha value is -2.64. The second-order valence-electron chi connectivity index (χ2n) is 8.22. The fourth-order valence-corrected chi connectivity index (χ4v) is 3.96. The van der Waals surface area contributed by atoms with E-state index in [1.54, 1.807) is 50.4 Å². The number of carbonyl (C=O) groups excluding carboxylic acids is 1. The quantitative estimate of drug-likeness (QED) is 0.545. The minimum atomic E-state index is -1.01. The predicted molar refractivity (Wildman–Crippen MR) is 121 cm³/mol. The number of carbonyl (C=O) groups is 2. The summed E-state index contributed by atoms with van der Waals surface area (Å²) in [5.41, 5.74) is 1.74. The molecule has 3 rings (SSSR count). The van der Waals surface area contributed by atoms with E-state index in [-0.39, 0.29) is 31.1 Å². The number of aromatic nitrogens is 1. The summed E-state index contributed by atoms with van der Waals surface area (Å²) in [5.74, 6) is -0.661. The number of amides is 1. The van der Waals surface area contributed by atoms with E-state index in [0.29, 0.717) is 22.0 Å². The van der Waals surface area contributed by atoms with Crippen molar-refractivity contribution in [2.45, 2.75) is 70.8 Å². The van der Waals surface area contributed by atoms with E-state index in [9.17, 15) is 14.7 Å². The van der Waals surface area contributed by atoms with Crippen molar-refractivity contribution in [3.63, 3.8) is 0 Å². The van der Waals surface area contributed by atoms with E-state index in [1.165, 1.54) is 12.8 Å². The first-order valence-corrected chi connectivity index (χ1v) is 11.3. The average Bonchev–Trinajstić information content (AvgIpc) is 3.24. The van der Waals surface area contributed by atoms with Crippen LogP contribution in [0, 0.1) is 0 Å². The standard InChI is InChI=1S/C24H29ClN2O5/c1-15(2)31-22(24(29)30)12-16-9-10-26-17(11-16)14-27-23(28)20-8-7-19(13-21(20)25)32-18-5-3-4-6-18/h7-11,13,15,18,22H,3-6,12,14H2,1-2H3,(H,27,28)(H,29,30). The maximum Gasteiger partial charge on any atom is 0.333 e. The van der Waals surface area contributed by atoms with Crippen LogP contribution < -0.4 is 10.1 Å². The molecule has 1 saturated carbocycles. The van der Waals surface area contributed by atoms with Crippen molar-refractivity contribution in [3.05, 3.63) is 58.4 Å². The molecule has 0 bridgehead atoms. The Bertz CT molecular complexity index is 944. The molecule has 0 radical (unpaired) electrons. The van der Waals surface area contributed by atoms with Crippen LogP contribution in [-0.2, 0) is 22.5 Å². The van der Waals surface area contributed by atoms with Crippen LogP contribution in [0.15, 0.2) is 36.5 Å². The van der Waals surface area contributed by atoms with Crippen LogP contribution in [0.3, 0.4) is 0 Å². The molecule has 1 aliphatic rings. The molecule has 2 aromatic rings. The number of carboxylic acid groups (broad SMARTS) is 1. The number of hydrogen-bond acceptors (Lipinski definition) is 5. The van der Waals surface area contributed by atoms with Gasteiger partial charge in [0.05, 0.1) is 35.0 Å². The van der Waals surface area contributed by atoms with Gasteiger partial charge in [-0.15, -0.1) is 0 Å². The number of hydrogen-bond donors (Lipinski definition) is 2. The second-order valence-corrected chi connectivity index (χ2v) is 8.63. The Balaban J connectivity index is 1.58. The number of ether oxygens (including phenoxy) is 2. The third-order valence-corrected chi connectivity index (χ3v) is 5.55. The SMILES string of the molecule is CC(C)OC(Cc1ccnc(CNC(=O)c2ccc(OC3CCCC3)cc2Cl)c1)C(=O)O. The molecule has 32 heavy (non-hydrogen) atoms. The molecular weight excluding hydrogens is 432 g/mol. The maximum atomic E-state index is 12.6. The number of aliphatic carboxylic acids is 1. The van der Waals surface area contributed by atoms with Crippen molar-refractivity contribution < 1.29 is 24.2 Å². The van der Waals surface area contributed by atoms with Gasteiger partial charge in [0.1, 0.15) is 5.75 Å². The fourth-order valence-electron chi connectivity index (χ4n) is 3.71. The Morgan fingerprint density at radius 1 is 1.22 bits per heavy atom. The molecule has 1 atom stereocenters. The zero-order valence-corrected chi connectivity index (χ0v) is 19.1. The van der Waals surface area contributed by atoms with Crippen LogP contribution in [0.25, 0.3) is 0 Å². The normalized spacial score (nSPS) is 15.0. The molecule has 1 unspecified atom stereocenters. The molecule has 0 saturated heterocycles. The van der Waals surface area contributed by atoms with Crippen molar-refractivity contribution in [3.8, 4) is 5.75 Å². The number of carboxylic acids is 1. The van der Waals surface area contributed by atoms with Gasteiger partial charge in [-0.3, -0.25) is 9.78 Å². The summed E-state index contributed by atoms with van der Waals surface area (Å²) in [6, 6.07) is 8.60. The number of benzene rings is 1. The Kier molecular flexibility index (Phi) is 8.47. The van der Waals surface area contributed by atoms with E-state index in [4.69, 9.17) is 21.1 Å². The van der Waals surface area contributed by atoms with E-state index < -0.39 is 12.1 Å². The summed E-state index contributed by atoms with van der Waals surface area (Å²) in [4.78, 5) is 28.3. The Labute approximate surface area is 193 Å². The molecule has 0 spiro atoms. The lowest BCUT2D eigenvalue weighted by atomic mass is 10.1. The van der Waals surface area contributed by atoms with Crippen molar-refractivity contribution in [2.24, 2.45) is 0 Å². The third-order valence-electron chi connectivity index (χ3n) is 5.23. The number of halogens is 1. The largest absolute Gasteiger partial charge is 0.490 e. The Morgan fingerprint density at radius 3 is 2.62 bits per heavy atom. The molecule has 1 aromatic heterocycles. The molecule has 8 heteroatoms. The lowest BCUT2D eigenvalue weighted by Crippen LogP contribution is -2.29. The van der Waals surface area contributed by atoms with Gasteiger partial charge in [-0.25, -0.2) is 4.79 Å². The second kappa shape index (κ2) is 11.3. The zero-order chi connectivity index (χ0) is 23.1. The average molecular weight is 461 g/mol. The molecule has 2 N–H and O–H groups in total. The summed E-state index contributed by atoms with van der Waals surface area (Å²) >= 11 is 6.32. The summed E-state index contributed by atoms with van der Waals surface area (Å²) in [6.07, 6.45) is 5.33. The van der Waals surface area contributed by atoms with Crippen LogP contribution in [0.1, 0.15) is 61.1 Å². The first-order valence-electron chi connectivity index (χ1n) is 10.9. The highest BCUT2D eigenvalue weighted by atomic mass is 35.5. The highest BCUT2D eigenvalue weighted by molar-refractivity contribution is 6.34. The van der Waals surface area contributed by atoms with Crippen molar-refractivity contribution >= 4 is 23.5 Å². The molecule has 7 nitrogen and oxygen atoms in total. The first kappa shape index (κ1) is 24.0. The van der Waals surface area contributed by atoms with Crippen LogP contribution >= 0.6 is 11.6 Å². The monoisotopic (exact) mass is 460 g/mol. The Morgan fingerprint density at radius 2 is 1.97 bits per heavy atom. The number of rotatable bonds is 10. The molecule has 0 aliphatic heterocycles. The van der Waals surface area contributed by atoms with Crippen molar-refractivity contribution in [1.29, 1.82) is 0 Å². The van der Waals surface area contributed by atoms with Crippen LogP contribution in [0.4, 0.5) is 0 Å². The van der Waals surface area contributed by atoms with Gasteiger partial charge < -0.3 is 19.9 Å². The van der Waals surface area contributed by atoms with Crippen LogP contribution in [0.2, 0.25) is 5.02 Å². The number of nitrogens with zero attached hydrogens (tertiary/aromatic N) is 1. The van der Waals surface area contributed by atoms with Crippen molar-refractivity contribution in [1.82, 2.24) is 10.3 Å². The van der Waals surface area contributed by atoms with E-state index in [2.05, 4.69) is 10.3 Å². The molecule has 1 aliphatic carbocycles. The predicted octanol–water partition coefficient (Wildman–Crippen LogP) is 4.41. The first-order chi connectivity index (χ1) is 15.3. The van der Waals surface area contributed by atoms with Crippen molar-refractivity contribution in [2.75, 3.05) is 0 Å². The molecule has 1 amide bonds. The molecule has 1 heterocycles. The fraction of sp³-hybridized carbons (Fsp3) is 0.458. The number of pyridine rings is 1. The lowest BCUT2D eigenvalue weighted by Gasteiger charge is -2.17. The highest BCUT2D eigenvalue weighted by Crippen LogP contribution is 2.27. The summed E-state index contributed by atoms with van der Waals surface area (Å²) in [7, 11) is 0. The summed E-state index contributed by atoms with van der Waals surface area (Å²) in [5, 5.41) is 12.5. The van der Waals surface area contributed by atoms with Gasteiger partial charge >= 0.3 is 5.97 Å². The maximum absolute atomic E-state index is 12.6. The lowest BCUT2D eigenvalue weighted by molar-refractivity contribution is -0.153. The highest BCUT2D eigenvalue weighted by Gasteiger charge is 2.21. The molecule has 172 valence electrons. The van der Waals surface area contributed by atoms with Gasteiger partial charge in [0.15, 0.2) is 6.10 Å². The third kappa shape index (κ3) is 6.93.